The first-order valence-corrected chi connectivity index (χ1v) is 6.31. The number of hydrogen-bond acceptors (Lipinski definition) is 4. The second-order valence-corrected chi connectivity index (χ2v) is 5.29. The molecule has 2 aromatic rings. The molecule has 0 saturated carbocycles. The van der Waals surface area contributed by atoms with Crippen molar-refractivity contribution in [1.82, 2.24) is 9.55 Å². The number of fused-ring (bicyclic) bond motifs is 1. The Morgan fingerprint density at radius 1 is 1.56 bits per heavy atom. The van der Waals surface area contributed by atoms with E-state index in [1.54, 1.807) is 13.0 Å². The second-order valence-electron chi connectivity index (χ2n) is 4.03. The number of carbonyl (C=O) groups excluding carboxylic acids is 1. The zero-order valence-electron chi connectivity index (χ0n) is 10.0. The molecule has 0 aliphatic rings. The third kappa shape index (κ3) is 1.86. The summed E-state index contributed by atoms with van der Waals surface area (Å²) in [5, 5.41) is 0.414. The maximum absolute atomic E-state index is 12.2. The standard InChI is InChI=1S/C11H13N3O3S/c1-3-7(8(12)15)14-10(16)6-4-5(2)18-9(6)13-11(14)17/h4,7H,3H2,1-2H3,(H2,12,15)(H,13,17). The van der Waals surface area contributed by atoms with Crippen LogP contribution in [0.2, 0.25) is 0 Å². The molecule has 1 atom stereocenters. The Hall–Kier alpha value is -1.89. The molecule has 1 amide bonds. The van der Waals surface area contributed by atoms with Crippen molar-refractivity contribution >= 4 is 27.5 Å². The summed E-state index contributed by atoms with van der Waals surface area (Å²) in [7, 11) is 0. The number of H-pyrrole nitrogens is 1. The van der Waals surface area contributed by atoms with Gasteiger partial charge in [0.2, 0.25) is 5.91 Å². The number of rotatable bonds is 3. The third-order valence-corrected chi connectivity index (χ3v) is 3.74. The Morgan fingerprint density at radius 3 is 2.78 bits per heavy atom. The number of nitrogens with two attached hydrogens (primary N) is 1. The van der Waals surface area contributed by atoms with Gasteiger partial charge >= 0.3 is 5.69 Å². The Morgan fingerprint density at radius 2 is 2.22 bits per heavy atom. The van der Waals surface area contributed by atoms with E-state index in [1.165, 1.54) is 11.3 Å². The van der Waals surface area contributed by atoms with Crippen molar-refractivity contribution in [1.29, 1.82) is 0 Å². The molecule has 6 nitrogen and oxygen atoms in total. The molecule has 0 spiro atoms. The quantitative estimate of drug-likeness (QED) is 0.847. The molecule has 0 aliphatic carbocycles. The molecule has 0 aliphatic heterocycles. The van der Waals surface area contributed by atoms with Crippen LogP contribution in [0.4, 0.5) is 0 Å². The van der Waals surface area contributed by atoms with E-state index in [1.807, 2.05) is 6.92 Å². The zero-order chi connectivity index (χ0) is 13.4. The molecule has 0 bridgehead atoms. The number of carbonyl (C=O) groups is 1. The van der Waals surface area contributed by atoms with Crippen molar-refractivity contribution in [2.75, 3.05) is 0 Å². The Balaban J connectivity index is 2.82. The van der Waals surface area contributed by atoms with E-state index in [0.717, 1.165) is 9.44 Å². The summed E-state index contributed by atoms with van der Waals surface area (Å²) >= 11 is 1.33. The monoisotopic (exact) mass is 267 g/mol. The summed E-state index contributed by atoms with van der Waals surface area (Å²) in [6.45, 7) is 3.54. The van der Waals surface area contributed by atoms with Crippen LogP contribution in [0.5, 0.6) is 0 Å². The van der Waals surface area contributed by atoms with Crippen LogP contribution in [0.25, 0.3) is 10.2 Å². The van der Waals surface area contributed by atoms with Gasteiger partial charge in [0.1, 0.15) is 10.9 Å². The second kappa shape index (κ2) is 4.41. The smallest absolute Gasteiger partial charge is 0.330 e. The lowest BCUT2D eigenvalue weighted by Crippen LogP contribution is -2.42. The van der Waals surface area contributed by atoms with Crippen LogP contribution in [-0.2, 0) is 4.79 Å². The SMILES string of the molecule is CCC(C(N)=O)n1c(=O)[nH]c2sc(C)cc2c1=O. The van der Waals surface area contributed by atoms with Crippen molar-refractivity contribution in [2.24, 2.45) is 5.73 Å². The topological polar surface area (TPSA) is 97.9 Å². The van der Waals surface area contributed by atoms with Gasteiger partial charge < -0.3 is 5.73 Å². The number of hydrogen-bond donors (Lipinski definition) is 2. The number of aryl methyl sites for hydroxylation is 1. The molecule has 7 heteroatoms. The molecule has 96 valence electrons. The molecule has 2 aromatic heterocycles. The number of nitrogens with zero attached hydrogens (tertiary/aromatic N) is 1. The Labute approximate surface area is 106 Å². The molecule has 0 radical (unpaired) electrons. The Kier molecular flexibility index (Phi) is 3.08. The first-order valence-electron chi connectivity index (χ1n) is 5.50. The molecule has 0 saturated heterocycles. The van der Waals surface area contributed by atoms with Crippen molar-refractivity contribution in [3.8, 4) is 0 Å². The molecule has 2 heterocycles. The van der Waals surface area contributed by atoms with Gasteiger partial charge in [0.25, 0.3) is 5.56 Å². The van der Waals surface area contributed by atoms with Crippen molar-refractivity contribution < 1.29 is 4.79 Å². The summed E-state index contributed by atoms with van der Waals surface area (Å²) in [5.74, 6) is -0.684. The summed E-state index contributed by atoms with van der Waals surface area (Å²) in [5.41, 5.74) is 4.15. The Bertz CT molecular complexity index is 725. The summed E-state index contributed by atoms with van der Waals surface area (Å²) in [6.07, 6.45) is 0.299. The van der Waals surface area contributed by atoms with Crippen LogP contribution in [0.3, 0.4) is 0 Å². The number of primary amides is 1. The third-order valence-electron chi connectivity index (χ3n) is 2.77. The summed E-state index contributed by atoms with van der Waals surface area (Å²) in [6, 6.07) is 0.786. The molecule has 1 unspecified atom stereocenters. The van der Waals surface area contributed by atoms with Crippen LogP contribution >= 0.6 is 11.3 Å². The van der Waals surface area contributed by atoms with E-state index in [4.69, 9.17) is 5.73 Å². The number of aromatic amines is 1. The maximum atomic E-state index is 12.2. The van der Waals surface area contributed by atoms with Gasteiger partial charge in [-0.2, -0.15) is 0 Å². The molecule has 2 rings (SSSR count). The zero-order valence-corrected chi connectivity index (χ0v) is 10.8. The average Bonchev–Trinajstić information content (AvgIpc) is 2.64. The fourth-order valence-corrected chi connectivity index (χ4v) is 2.83. The van der Waals surface area contributed by atoms with Gasteiger partial charge in [-0.3, -0.25) is 14.6 Å². The summed E-state index contributed by atoms with van der Waals surface area (Å²) in [4.78, 5) is 39.4. The van der Waals surface area contributed by atoms with E-state index in [2.05, 4.69) is 4.98 Å². The fraction of sp³-hybridized carbons (Fsp3) is 0.364. The van der Waals surface area contributed by atoms with Crippen LogP contribution < -0.4 is 17.0 Å². The predicted molar refractivity (Wildman–Crippen MR) is 70.0 cm³/mol. The van der Waals surface area contributed by atoms with Crippen molar-refractivity contribution in [3.63, 3.8) is 0 Å². The van der Waals surface area contributed by atoms with Gasteiger partial charge in [-0.1, -0.05) is 6.92 Å². The van der Waals surface area contributed by atoms with E-state index < -0.39 is 23.2 Å². The van der Waals surface area contributed by atoms with Gasteiger partial charge in [-0.05, 0) is 19.4 Å². The highest BCUT2D eigenvalue weighted by Gasteiger charge is 2.21. The maximum Gasteiger partial charge on any atom is 0.330 e. The number of nitrogens with one attached hydrogen (secondary N) is 1. The lowest BCUT2D eigenvalue weighted by Gasteiger charge is -2.12. The van der Waals surface area contributed by atoms with Gasteiger partial charge in [0.15, 0.2) is 0 Å². The molecule has 0 fully saturated rings. The number of thiophene rings is 1. The van der Waals surface area contributed by atoms with E-state index in [0.29, 0.717) is 16.6 Å². The van der Waals surface area contributed by atoms with Gasteiger partial charge in [-0.15, -0.1) is 11.3 Å². The molecular formula is C11H13N3O3S. The molecule has 18 heavy (non-hydrogen) atoms. The molecule has 0 aromatic carbocycles. The fourth-order valence-electron chi connectivity index (χ4n) is 1.94. The normalized spacial score (nSPS) is 12.8. The highest BCUT2D eigenvalue weighted by molar-refractivity contribution is 7.18. The van der Waals surface area contributed by atoms with Crippen molar-refractivity contribution in [2.45, 2.75) is 26.3 Å². The molecule has 3 N–H and O–H groups in total. The largest absolute Gasteiger partial charge is 0.368 e. The van der Waals surface area contributed by atoms with Crippen LogP contribution in [0.1, 0.15) is 24.3 Å². The van der Waals surface area contributed by atoms with Crippen LogP contribution in [0.15, 0.2) is 15.7 Å². The highest BCUT2D eigenvalue weighted by Crippen LogP contribution is 2.19. The van der Waals surface area contributed by atoms with E-state index >= 15 is 0 Å². The predicted octanol–water partition coefficient (Wildman–Crippen LogP) is 0.496. The lowest BCUT2D eigenvalue weighted by atomic mass is 10.2. The van der Waals surface area contributed by atoms with Crippen molar-refractivity contribution in [3.05, 3.63) is 31.8 Å². The lowest BCUT2D eigenvalue weighted by molar-refractivity contribution is -0.121. The minimum atomic E-state index is -0.911. The first-order chi connectivity index (χ1) is 8.45. The van der Waals surface area contributed by atoms with Crippen LogP contribution in [-0.4, -0.2) is 15.5 Å². The van der Waals surface area contributed by atoms with Gasteiger partial charge in [0.05, 0.1) is 5.39 Å². The van der Waals surface area contributed by atoms with Gasteiger partial charge in [0, 0.05) is 4.88 Å². The van der Waals surface area contributed by atoms with Gasteiger partial charge in [-0.25, -0.2) is 9.36 Å². The first kappa shape index (κ1) is 12.6. The van der Waals surface area contributed by atoms with E-state index in [-0.39, 0.29) is 0 Å². The minimum Gasteiger partial charge on any atom is -0.368 e. The molecular weight excluding hydrogens is 254 g/mol. The number of amides is 1. The minimum absolute atomic E-state index is 0.299. The van der Waals surface area contributed by atoms with Crippen LogP contribution in [0, 0.1) is 6.92 Å². The highest BCUT2D eigenvalue weighted by atomic mass is 32.1. The average molecular weight is 267 g/mol. The summed E-state index contributed by atoms with van der Waals surface area (Å²) < 4.78 is 0.900. The number of aromatic nitrogens is 2. The van der Waals surface area contributed by atoms with E-state index in [9.17, 15) is 14.4 Å².